The van der Waals surface area contributed by atoms with E-state index in [1.165, 1.54) is 0 Å². The Balaban J connectivity index is 2.07. The molecule has 6 nitrogen and oxygen atoms in total. The van der Waals surface area contributed by atoms with Crippen LogP contribution in [-0.2, 0) is 0 Å². The Labute approximate surface area is 139 Å². The van der Waals surface area contributed by atoms with Crippen LogP contribution in [-0.4, -0.2) is 22.0 Å². The lowest BCUT2D eigenvalue weighted by Crippen LogP contribution is -2.03. The van der Waals surface area contributed by atoms with Crippen LogP contribution in [0, 0.1) is 22.7 Å². The Morgan fingerprint density at radius 2 is 1.12 bits per heavy atom. The Bertz CT molecular complexity index is 871. The van der Waals surface area contributed by atoms with E-state index in [1.54, 1.807) is 55.6 Å². The fraction of sp³-hybridized carbons (Fsp3) is 0.0556. The summed E-state index contributed by atoms with van der Waals surface area (Å²) >= 11 is 0. The molecule has 1 heterocycles. The topological polar surface area (TPSA) is 98.3 Å². The van der Waals surface area contributed by atoms with Gasteiger partial charge >= 0.3 is 0 Å². The SMILES string of the molecule is CNc1nc(-c2ccc(C#N)cc2)nc(-c2ccc(C#N)cc2)n1. The monoisotopic (exact) mass is 312 g/mol. The molecule has 1 aromatic heterocycles. The fourth-order valence-electron chi connectivity index (χ4n) is 2.13. The predicted octanol–water partition coefficient (Wildman–Crippen LogP) is 2.99. The summed E-state index contributed by atoms with van der Waals surface area (Å²) < 4.78 is 0. The van der Waals surface area contributed by atoms with Crippen molar-refractivity contribution in [1.29, 1.82) is 10.5 Å². The van der Waals surface area contributed by atoms with Crippen molar-refractivity contribution in [1.82, 2.24) is 15.0 Å². The van der Waals surface area contributed by atoms with E-state index in [0.717, 1.165) is 11.1 Å². The third kappa shape index (κ3) is 3.03. The molecule has 0 aliphatic heterocycles. The maximum atomic E-state index is 8.89. The lowest BCUT2D eigenvalue weighted by Gasteiger charge is -2.07. The molecule has 0 bridgehead atoms. The Hall–Kier alpha value is -3.77. The zero-order valence-electron chi connectivity index (χ0n) is 12.9. The summed E-state index contributed by atoms with van der Waals surface area (Å²) in [4.78, 5) is 13.2. The minimum Gasteiger partial charge on any atom is -0.357 e. The highest BCUT2D eigenvalue weighted by molar-refractivity contribution is 5.63. The first-order valence-electron chi connectivity index (χ1n) is 7.18. The highest BCUT2D eigenvalue weighted by Gasteiger charge is 2.10. The summed E-state index contributed by atoms with van der Waals surface area (Å²) in [5, 5.41) is 20.7. The Kier molecular flexibility index (Phi) is 4.13. The lowest BCUT2D eigenvalue weighted by molar-refractivity contribution is 1.06. The maximum absolute atomic E-state index is 8.89. The van der Waals surface area contributed by atoms with Crippen LogP contribution in [0.1, 0.15) is 11.1 Å². The molecule has 0 atom stereocenters. The highest BCUT2D eigenvalue weighted by atomic mass is 15.1. The standard InChI is InChI=1S/C18H12N6/c1-21-18-23-16(14-6-2-12(10-19)3-7-14)22-17(24-18)15-8-4-13(11-20)5-9-15/h2-9H,1H3,(H,21,22,23,24). The van der Waals surface area contributed by atoms with E-state index in [1.807, 2.05) is 0 Å². The van der Waals surface area contributed by atoms with Crippen molar-refractivity contribution in [3.05, 3.63) is 59.7 Å². The number of benzene rings is 2. The average Bonchev–Trinajstić information content (AvgIpc) is 2.67. The summed E-state index contributed by atoms with van der Waals surface area (Å²) in [5.41, 5.74) is 2.74. The third-order valence-electron chi connectivity index (χ3n) is 3.40. The lowest BCUT2D eigenvalue weighted by atomic mass is 10.1. The highest BCUT2D eigenvalue weighted by Crippen LogP contribution is 2.22. The van der Waals surface area contributed by atoms with E-state index in [0.29, 0.717) is 28.7 Å². The molecule has 2 aromatic carbocycles. The van der Waals surface area contributed by atoms with E-state index in [4.69, 9.17) is 10.5 Å². The van der Waals surface area contributed by atoms with Crippen molar-refractivity contribution in [3.63, 3.8) is 0 Å². The van der Waals surface area contributed by atoms with Gasteiger partial charge in [0, 0.05) is 18.2 Å². The molecule has 0 unspecified atom stereocenters. The molecule has 24 heavy (non-hydrogen) atoms. The van der Waals surface area contributed by atoms with E-state index in [-0.39, 0.29) is 0 Å². The zero-order chi connectivity index (χ0) is 16.9. The minimum atomic E-state index is 0.448. The van der Waals surface area contributed by atoms with Gasteiger partial charge in [0.05, 0.1) is 23.3 Å². The van der Waals surface area contributed by atoms with E-state index in [2.05, 4.69) is 32.4 Å². The van der Waals surface area contributed by atoms with Crippen LogP contribution >= 0.6 is 0 Å². The Morgan fingerprint density at radius 3 is 1.46 bits per heavy atom. The molecule has 6 heteroatoms. The van der Waals surface area contributed by atoms with Crippen LogP contribution in [0.4, 0.5) is 5.95 Å². The third-order valence-corrected chi connectivity index (χ3v) is 3.40. The van der Waals surface area contributed by atoms with Gasteiger partial charge in [-0.2, -0.15) is 20.5 Å². The molecule has 0 spiro atoms. The van der Waals surface area contributed by atoms with Crippen LogP contribution in [0.5, 0.6) is 0 Å². The summed E-state index contributed by atoms with van der Waals surface area (Å²) in [6.07, 6.45) is 0. The first kappa shape index (κ1) is 15.1. The number of hydrogen-bond acceptors (Lipinski definition) is 6. The van der Waals surface area contributed by atoms with Gasteiger partial charge < -0.3 is 5.32 Å². The molecular weight excluding hydrogens is 300 g/mol. The fourth-order valence-corrected chi connectivity index (χ4v) is 2.13. The van der Waals surface area contributed by atoms with Crippen LogP contribution in [0.2, 0.25) is 0 Å². The van der Waals surface area contributed by atoms with Crippen molar-refractivity contribution in [3.8, 4) is 34.9 Å². The second kappa shape index (κ2) is 6.55. The van der Waals surface area contributed by atoms with Gasteiger partial charge in [0.25, 0.3) is 0 Å². The Morgan fingerprint density at radius 1 is 0.708 bits per heavy atom. The van der Waals surface area contributed by atoms with Crippen LogP contribution in [0.3, 0.4) is 0 Å². The van der Waals surface area contributed by atoms with E-state index < -0.39 is 0 Å². The molecule has 3 aromatic rings. The van der Waals surface area contributed by atoms with Gasteiger partial charge in [0.1, 0.15) is 0 Å². The summed E-state index contributed by atoms with van der Waals surface area (Å²) in [6, 6.07) is 18.3. The second-order valence-corrected chi connectivity index (χ2v) is 4.93. The van der Waals surface area contributed by atoms with Crippen molar-refractivity contribution in [2.24, 2.45) is 0 Å². The average molecular weight is 312 g/mol. The minimum absolute atomic E-state index is 0.448. The van der Waals surface area contributed by atoms with Crippen LogP contribution < -0.4 is 5.32 Å². The molecule has 0 saturated carbocycles. The normalized spacial score (nSPS) is 9.79. The second-order valence-electron chi connectivity index (χ2n) is 4.93. The quantitative estimate of drug-likeness (QED) is 0.798. The van der Waals surface area contributed by atoms with Gasteiger partial charge in [-0.05, 0) is 48.5 Å². The van der Waals surface area contributed by atoms with Crippen LogP contribution in [0.15, 0.2) is 48.5 Å². The van der Waals surface area contributed by atoms with E-state index >= 15 is 0 Å². The van der Waals surface area contributed by atoms with Crippen molar-refractivity contribution in [2.45, 2.75) is 0 Å². The number of anilines is 1. The first-order valence-corrected chi connectivity index (χ1v) is 7.18. The maximum Gasteiger partial charge on any atom is 0.226 e. The molecule has 0 amide bonds. The van der Waals surface area contributed by atoms with Gasteiger partial charge in [-0.1, -0.05) is 0 Å². The summed E-state index contributed by atoms with van der Waals surface area (Å²) in [5.74, 6) is 1.47. The number of nitriles is 2. The number of nitrogens with one attached hydrogen (secondary N) is 1. The van der Waals surface area contributed by atoms with Crippen molar-refractivity contribution in [2.75, 3.05) is 12.4 Å². The molecule has 3 rings (SSSR count). The molecule has 0 aliphatic rings. The van der Waals surface area contributed by atoms with E-state index in [9.17, 15) is 0 Å². The van der Waals surface area contributed by atoms with Gasteiger partial charge in [-0.25, -0.2) is 4.98 Å². The van der Waals surface area contributed by atoms with Gasteiger partial charge in [-0.15, -0.1) is 0 Å². The van der Waals surface area contributed by atoms with Crippen molar-refractivity contribution >= 4 is 5.95 Å². The molecule has 0 aliphatic carbocycles. The molecule has 114 valence electrons. The zero-order valence-corrected chi connectivity index (χ0v) is 12.9. The summed E-state index contributed by atoms with van der Waals surface area (Å²) in [7, 11) is 1.74. The first-order chi connectivity index (χ1) is 11.7. The van der Waals surface area contributed by atoms with Gasteiger partial charge in [-0.3, -0.25) is 0 Å². The predicted molar refractivity (Wildman–Crippen MR) is 89.7 cm³/mol. The van der Waals surface area contributed by atoms with Crippen LogP contribution in [0.25, 0.3) is 22.8 Å². The molecular formula is C18H12N6. The number of rotatable bonds is 3. The number of aromatic nitrogens is 3. The molecule has 1 N–H and O–H groups in total. The molecule has 0 saturated heterocycles. The molecule has 0 fully saturated rings. The number of hydrogen-bond donors (Lipinski definition) is 1. The smallest absolute Gasteiger partial charge is 0.226 e. The largest absolute Gasteiger partial charge is 0.357 e. The number of nitrogens with zero attached hydrogens (tertiary/aromatic N) is 5. The van der Waals surface area contributed by atoms with Gasteiger partial charge in [0.2, 0.25) is 5.95 Å². The van der Waals surface area contributed by atoms with Gasteiger partial charge in [0.15, 0.2) is 11.6 Å². The molecule has 0 radical (unpaired) electrons. The van der Waals surface area contributed by atoms with Crippen molar-refractivity contribution < 1.29 is 0 Å². The summed E-state index contributed by atoms with van der Waals surface area (Å²) in [6.45, 7) is 0.